The molecule has 1 rings (SSSR count). The van der Waals surface area contributed by atoms with Crippen LogP contribution in [-0.2, 0) is 16.4 Å². The van der Waals surface area contributed by atoms with E-state index in [4.69, 9.17) is 0 Å². The van der Waals surface area contributed by atoms with E-state index in [1.807, 2.05) is 18.0 Å². The van der Waals surface area contributed by atoms with Gasteiger partial charge < -0.3 is 10.2 Å². The number of rotatable bonds is 6. The number of pyridine rings is 1. The van der Waals surface area contributed by atoms with Crippen LogP contribution in [0.1, 0.15) is 26.3 Å². The molecular weight excluding hydrogens is 354 g/mol. The van der Waals surface area contributed by atoms with Crippen molar-refractivity contribution in [2.45, 2.75) is 32.9 Å². The van der Waals surface area contributed by atoms with E-state index in [-0.39, 0.29) is 11.3 Å². The van der Waals surface area contributed by atoms with Crippen molar-refractivity contribution in [2.75, 3.05) is 30.5 Å². The SMILES string of the molecule is CN(CCS(C)(=O)=O)c1ncc(Br)cc1CNC(C)(C)C. The Kier molecular flexibility index (Phi) is 6.19. The fourth-order valence-corrected chi connectivity index (χ4v) is 2.70. The molecule has 0 unspecified atom stereocenters. The lowest BCUT2D eigenvalue weighted by Crippen LogP contribution is -2.36. The van der Waals surface area contributed by atoms with Crippen molar-refractivity contribution in [3.05, 3.63) is 22.3 Å². The Morgan fingerprint density at radius 1 is 1.38 bits per heavy atom. The van der Waals surface area contributed by atoms with Gasteiger partial charge in [-0.05, 0) is 42.8 Å². The third-order valence-corrected chi connectivity index (χ3v) is 4.24. The van der Waals surface area contributed by atoms with E-state index in [1.165, 1.54) is 6.26 Å². The Bertz CT molecular complexity index is 582. The quantitative estimate of drug-likeness (QED) is 0.823. The van der Waals surface area contributed by atoms with Crippen LogP contribution in [0, 0.1) is 0 Å². The molecule has 0 aliphatic heterocycles. The van der Waals surface area contributed by atoms with E-state index < -0.39 is 9.84 Å². The molecule has 21 heavy (non-hydrogen) atoms. The fourth-order valence-electron chi connectivity index (χ4n) is 1.72. The molecule has 0 saturated heterocycles. The second-order valence-electron chi connectivity index (χ2n) is 6.29. The molecule has 120 valence electrons. The summed E-state index contributed by atoms with van der Waals surface area (Å²) in [5.41, 5.74) is 1.04. The summed E-state index contributed by atoms with van der Waals surface area (Å²) in [6.07, 6.45) is 2.98. The van der Waals surface area contributed by atoms with E-state index in [0.717, 1.165) is 15.9 Å². The zero-order valence-electron chi connectivity index (χ0n) is 13.3. The molecule has 0 fully saturated rings. The average molecular weight is 378 g/mol. The first-order chi connectivity index (χ1) is 9.48. The summed E-state index contributed by atoms with van der Waals surface area (Å²) in [6.45, 7) is 7.41. The number of aromatic nitrogens is 1. The average Bonchev–Trinajstić information content (AvgIpc) is 2.32. The number of hydrogen-bond donors (Lipinski definition) is 1. The van der Waals surface area contributed by atoms with Gasteiger partial charge in [0.25, 0.3) is 0 Å². The van der Waals surface area contributed by atoms with Crippen LogP contribution in [0.25, 0.3) is 0 Å². The molecule has 0 bridgehead atoms. The minimum Gasteiger partial charge on any atom is -0.358 e. The normalized spacial score (nSPS) is 12.5. The highest BCUT2D eigenvalue weighted by atomic mass is 79.9. The van der Waals surface area contributed by atoms with Gasteiger partial charge in [-0.1, -0.05) is 0 Å². The second kappa shape index (κ2) is 7.07. The smallest absolute Gasteiger partial charge is 0.149 e. The predicted molar refractivity (Wildman–Crippen MR) is 91.5 cm³/mol. The minimum atomic E-state index is -2.98. The Morgan fingerprint density at radius 2 is 2.00 bits per heavy atom. The summed E-state index contributed by atoms with van der Waals surface area (Å²) in [6, 6.07) is 2.01. The summed E-state index contributed by atoms with van der Waals surface area (Å²) in [4.78, 5) is 6.31. The van der Waals surface area contributed by atoms with E-state index in [1.54, 1.807) is 6.20 Å². The second-order valence-corrected chi connectivity index (χ2v) is 9.47. The minimum absolute atomic E-state index is 0.00488. The first kappa shape index (κ1) is 18.4. The molecule has 0 amide bonds. The van der Waals surface area contributed by atoms with Crippen LogP contribution in [0.4, 0.5) is 5.82 Å². The third kappa shape index (κ3) is 7.24. The molecule has 1 aromatic heterocycles. The van der Waals surface area contributed by atoms with Gasteiger partial charge >= 0.3 is 0 Å². The van der Waals surface area contributed by atoms with Crippen LogP contribution in [0.2, 0.25) is 0 Å². The molecule has 0 aromatic carbocycles. The Balaban J connectivity index is 2.90. The molecular formula is C14H24BrN3O2S. The molecule has 0 aliphatic carbocycles. The van der Waals surface area contributed by atoms with Crippen LogP contribution < -0.4 is 10.2 Å². The lowest BCUT2D eigenvalue weighted by molar-refractivity contribution is 0.424. The maximum absolute atomic E-state index is 11.3. The molecule has 7 heteroatoms. The highest BCUT2D eigenvalue weighted by molar-refractivity contribution is 9.10. The Morgan fingerprint density at radius 3 is 2.52 bits per heavy atom. The van der Waals surface area contributed by atoms with Gasteiger partial charge in [-0.3, -0.25) is 0 Å². The van der Waals surface area contributed by atoms with E-state index >= 15 is 0 Å². The van der Waals surface area contributed by atoms with Crippen molar-refractivity contribution in [1.82, 2.24) is 10.3 Å². The highest BCUT2D eigenvalue weighted by Crippen LogP contribution is 2.21. The van der Waals surface area contributed by atoms with Crippen molar-refractivity contribution in [2.24, 2.45) is 0 Å². The van der Waals surface area contributed by atoms with Crippen molar-refractivity contribution in [3.63, 3.8) is 0 Å². The molecule has 1 N–H and O–H groups in total. The van der Waals surface area contributed by atoms with Gasteiger partial charge in [-0.25, -0.2) is 13.4 Å². The van der Waals surface area contributed by atoms with Gasteiger partial charge in [0.2, 0.25) is 0 Å². The number of nitrogens with one attached hydrogen (secondary N) is 1. The van der Waals surface area contributed by atoms with E-state index in [9.17, 15) is 8.42 Å². The molecule has 0 aliphatic rings. The van der Waals surface area contributed by atoms with E-state index in [0.29, 0.717) is 13.1 Å². The zero-order valence-corrected chi connectivity index (χ0v) is 15.7. The number of anilines is 1. The maximum atomic E-state index is 11.3. The van der Waals surface area contributed by atoms with Crippen LogP contribution in [0.15, 0.2) is 16.7 Å². The third-order valence-electron chi connectivity index (χ3n) is 2.88. The number of halogens is 1. The summed E-state index contributed by atoms with van der Waals surface area (Å²) in [5, 5.41) is 3.43. The fraction of sp³-hybridized carbons (Fsp3) is 0.643. The van der Waals surface area contributed by atoms with Gasteiger partial charge in [-0.2, -0.15) is 0 Å². The Hall–Kier alpha value is -0.660. The van der Waals surface area contributed by atoms with Crippen LogP contribution in [0.5, 0.6) is 0 Å². The monoisotopic (exact) mass is 377 g/mol. The molecule has 1 aromatic rings. The largest absolute Gasteiger partial charge is 0.358 e. The van der Waals surface area contributed by atoms with Crippen LogP contribution in [-0.4, -0.2) is 44.5 Å². The zero-order chi connectivity index (χ0) is 16.3. The van der Waals surface area contributed by atoms with Crippen molar-refractivity contribution in [3.8, 4) is 0 Å². The molecule has 0 radical (unpaired) electrons. The molecule has 0 atom stereocenters. The summed E-state index contributed by atoms with van der Waals surface area (Å²) >= 11 is 3.43. The molecule has 0 saturated carbocycles. The lowest BCUT2D eigenvalue weighted by atomic mass is 10.1. The maximum Gasteiger partial charge on any atom is 0.149 e. The predicted octanol–water partition coefficient (Wildman–Crippen LogP) is 2.21. The summed E-state index contributed by atoms with van der Waals surface area (Å²) in [5.74, 6) is 0.923. The molecule has 1 heterocycles. The number of hydrogen-bond acceptors (Lipinski definition) is 5. The lowest BCUT2D eigenvalue weighted by Gasteiger charge is -2.24. The van der Waals surface area contributed by atoms with Gasteiger partial charge in [0, 0.05) is 48.2 Å². The molecule has 0 spiro atoms. The van der Waals surface area contributed by atoms with Gasteiger partial charge in [0.15, 0.2) is 0 Å². The first-order valence-corrected chi connectivity index (χ1v) is 9.61. The highest BCUT2D eigenvalue weighted by Gasteiger charge is 2.15. The summed E-state index contributed by atoms with van der Waals surface area (Å²) in [7, 11) is -1.11. The van der Waals surface area contributed by atoms with Gasteiger partial charge in [0.05, 0.1) is 5.75 Å². The van der Waals surface area contributed by atoms with Crippen LogP contribution >= 0.6 is 15.9 Å². The standard InChI is InChI=1S/C14H24BrN3O2S/c1-14(2,3)17-9-11-8-12(15)10-16-13(11)18(4)6-7-21(5,19)20/h8,10,17H,6-7,9H2,1-5H3. The van der Waals surface area contributed by atoms with Gasteiger partial charge in [0.1, 0.15) is 15.7 Å². The number of nitrogens with zero attached hydrogens (tertiary/aromatic N) is 2. The van der Waals surface area contributed by atoms with E-state index in [2.05, 4.69) is 47.0 Å². The van der Waals surface area contributed by atoms with Gasteiger partial charge in [-0.15, -0.1) is 0 Å². The van der Waals surface area contributed by atoms with Crippen molar-refractivity contribution < 1.29 is 8.42 Å². The molecule has 5 nitrogen and oxygen atoms in total. The first-order valence-electron chi connectivity index (χ1n) is 6.76. The Labute approximate surface area is 136 Å². The number of sulfone groups is 1. The van der Waals surface area contributed by atoms with Crippen molar-refractivity contribution in [1.29, 1.82) is 0 Å². The topological polar surface area (TPSA) is 62.3 Å². The van der Waals surface area contributed by atoms with Crippen LogP contribution in [0.3, 0.4) is 0 Å². The summed E-state index contributed by atoms with van der Waals surface area (Å²) < 4.78 is 23.5. The van der Waals surface area contributed by atoms with Crippen molar-refractivity contribution >= 4 is 31.6 Å².